The van der Waals surface area contributed by atoms with Gasteiger partial charge in [0.2, 0.25) is 5.56 Å². The van der Waals surface area contributed by atoms with E-state index in [1.54, 1.807) is 19.9 Å². The highest BCUT2D eigenvalue weighted by Gasteiger charge is 2.22. The molecule has 1 N–H and O–H groups in total. The van der Waals surface area contributed by atoms with Crippen molar-refractivity contribution in [2.45, 2.75) is 24.0 Å². The van der Waals surface area contributed by atoms with Crippen molar-refractivity contribution in [3.63, 3.8) is 0 Å². The van der Waals surface area contributed by atoms with Gasteiger partial charge < -0.3 is 4.98 Å². The molecule has 0 aliphatic heterocycles. The summed E-state index contributed by atoms with van der Waals surface area (Å²) in [4.78, 5) is 13.9. The standard InChI is InChI=1S/C12H12ClNO3S/c1-7(2)18(16,17)11-5-8-3-4-12(15)14-10(8)6-9(11)13/h3-7H,1-2H3,(H,14,15). The van der Waals surface area contributed by atoms with Gasteiger partial charge in [0.05, 0.1) is 15.2 Å². The number of aromatic amines is 1. The molecule has 0 aliphatic rings. The van der Waals surface area contributed by atoms with Crippen LogP contribution in [-0.4, -0.2) is 18.7 Å². The minimum Gasteiger partial charge on any atom is -0.322 e. The van der Waals surface area contributed by atoms with E-state index in [2.05, 4.69) is 4.98 Å². The summed E-state index contributed by atoms with van der Waals surface area (Å²) in [7, 11) is -3.43. The third-order valence-electron chi connectivity index (χ3n) is 2.70. The second kappa shape index (κ2) is 4.40. The Bertz CT molecular complexity index is 762. The average Bonchev–Trinajstić information content (AvgIpc) is 2.27. The van der Waals surface area contributed by atoms with Crippen LogP contribution >= 0.6 is 11.6 Å². The summed E-state index contributed by atoms with van der Waals surface area (Å²) in [5.74, 6) is 0. The van der Waals surface area contributed by atoms with Gasteiger partial charge in [0, 0.05) is 11.6 Å². The number of H-pyrrole nitrogens is 1. The molecule has 2 aromatic rings. The molecule has 1 aromatic carbocycles. The minimum atomic E-state index is -3.43. The Morgan fingerprint density at radius 2 is 1.89 bits per heavy atom. The number of hydrogen-bond donors (Lipinski definition) is 1. The van der Waals surface area contributed by atoms with Crippen molar-refractivity contribution in [1.82, 2.24) is 4.98 Å². The van der Waals surface area contributed by atoms with Gasteiger partial charge in [-0.15, -0.1) is 0 Å². The van der Waals surface area contributed by atoms with Crippen molar-refractivity contribution >= 4 is 32.3 Å². The summed E-state index contributed by atoms with van der Waals surface area (Å²) in [5, 5.41) is 0.214. The van der Waals surface area contributed by atoms with Gasteiger partial charge in [0.25, 0.3) is 0 Å². The Hall–Kier alpha value is -1.33. The van der Waals surface area contributed by atoms with E-state index in [0.29, 0.717) is 10.9 Å². The van der Waals surface area contributed by atoms with Crippen LogP contribution in [-0.2, 0) is 9.84 Å². The lowest BCUT2D eigenvalue weighted by Crippen LogP contribution is -2.14. The maximum Gasteiger partial charge on any atom is 0.248 e. The van der Waals surface area contributed by atoms with Gasteiger partial charge in [0.15, 0.2) is 9.84 Å². The van der Waals surface area contributed by atoms with Gasteiger partial charge in [0.1, 0.15) is 0 Å². The molecule has 96 valence electrons. The third kappa shape index (κ3) is 2.15. The number of sulfone groups is 1. The van der Waals surface area contributed by atoms with Crippen LogP contribution < -0.4 is 5.56 Å². The fraction of sp³-hybridized carbons (Fsp3) is 0.250. The summed E-state index contributed by atoms with van der Waals surface area (Å²) in [6.07, 6.45) is 0. The van der Waals surface area contributed by atoms with E-state index in [-0.39, 0.29) is 15.5 Å². The lowest BCUT2D eigenvalue weighted by molar-refractivity contribution is 0.587. The molecule has 0 atom stereocenters. The van der Waals surface area contributed by atoms with Crippen LogP contribution in [0.1, 0.15) is 13.8 Å². The van der Waals surface area contributed by atoms with E-state index in [9.17, 15) is 13.2 Å². The van der Waals surface area contributed by atoms with Crippen LogP contribution in [0.15, 0.2) is 34.0 Å². The Morgan fingerprint density at radius 1 is 1.22 bits per heavy atom. The molecular formula is C12H12ClNO3S. The van der Waals surface area contributed by atoms with Crippen molar-refractivity contribution in [2.75, 3.05) is 0 Å². The number of benzene rings is 1. The Balaban J connectivity index is 2.79. The zero-order valence-electron chi connectivity index (χ0n) is 9.90. The molecule has 2 rings (SSSR count). The van der Waals surface area contributed by atoms with Crippen LogP contribution in [0.25, 0.3) is 10.9 Å². The first kappa shape index (κ1) is 13.1. The molecule has 0 saturated heterocycles. The number of pyridine rings is 1. The van der Waals surface area contributed by atoms with E-state index in [4.69, 9.17) is 11.6 Å². The Kier molecular flexibility index (Phi) is 3.21. The van der Waals surface area contributed by atoms with Crippen LogP contribution in [0, 0.1) is 0 Å². The molecule has 0 aliphatic carbocycles. The Morgan fingerprint density at radius 3 is 2.50 bits per heavy atom. The van der Waals surface area contributed by atoms with Crippen molar-refractivity contribution in [2.24, 2.45) is 0 Å². The van der Waals surface area contributed by atoms with Gasteiger partial charge in [-0.25, -0.2) is 8.42 Å². The van der Waals surface area contributed by atoms with Crippen LogP contribution in [0.4, 0.5) is 0 Å². The number of aromatic nitrogens is 1. The molecule has 0 unspecified atom stereocenters. The summed E-state index contributed by atoms with van der Waals surface area (Å²) in [5.41, 5.74) is 0.272. The van der Waals surface area contributed by atoms with Gasteiger partial charge >= 0.3 is 0 Å². The maximum atomic E-state index is 12.1. The largest absolute Gasteiger partial charge is 0.322 e. The lowest BCUT2D eigenvalue weighted by atomic mass is 10.2. The van der Waals surface area contributed by atoms with Crippen LogP contribution in [0.5, 0.6) is 0 Å². The van der Waals surface area contributed by atoms with Crippen LogP contribution in [0.3, 0.4) is 0 Å². The third-order valence-corrected chi connectivity index (χ3v) is 5.32. The molecule has 0 spiro atoms. The molecule has 6 heteroatoms. The number of rotatable bonds is 2. The molecule has 4 nitrogen and oxygen atoms in total. The lowest BCUT2D eigenvalue weighted by Gasteiger charge is -2.10. The second-order valence-corrected chi connectivity index (χ2v) is 7.17. The maximum absolute atomic E-state index is 12.1. The zero-order chi connectivity index (χ0) is 13.5. The predicted molar refractivity (Wildman–Crippen MR) is 71.9 cm³/mol. The van der Waals surface area contributed by atoms with Crippen molar-refractivity contribution in [3.8, 4) is 0 Å². The van der Waals surface area contributed by atoms with Gasteiger partial charge in [-0.1, -0.05) is 11.6 Å². The number of nitrogens with one attached hydrogen (secondary N) is 1. The highest BCUT2D eigenvalue weighted by molar-refractivity contribution is 7.92. The van der Waals surface area contributed by atoms with Crippen molar-refractivity contribution < 1.29 is 8.42 Å². The fourth-order valence-corrected chi connectivity index (χ4v) is 3.24. The zero-order valence-corrected chi connectivity index (χ0v) is 11.5. The highest BCUT2D eigenvalue weighted by atomic mass is 35.5. The summed E-state index contributed by atoms with van der Waals surface area (Å²) >= 11 is 5.98. The first-order valence-electron chi connectivity index (χ1n) is 5.39. The molecule has 0 radical (unpaired) electrons. The van der Waals surface area contributed by atoms with Crippen molar-refractivity contribution in [3.05, 3.63) is 39.6 Å². The fourth-order valence-electron chi connectivity index (χ4n) is 1.63. The van der Waals surface area contributed by atoms with E-state index in [1.807, 2.05) is 0 Å². The second-order valence-electron chi connectivity index (χ2n) is 4.29. The normalized spacial score (nSPS) is 12.2. The molecule has 0 saturated carbocycles. The van der Waals surface area contributed by atoms with E-state index < -0.39 is 15.1 Å². The first-order chi connectivity index (χ1) is 8.32. The topological polar surface area (TPSA) is 67.0 Å². The van der Waals surface area contributed by atoms with E-state index >= 15 is 0 Å². The highest BCUT2D eigenvalue weighted by Crippen LogP contribution is 2.28. The molecule has 0 amide bonds. The monoisotopic (exact) mass is 285 g/mol. The first-order valence-corrected chi connectivity index (χ1v) is 7.31. The molecule has 18 heavy (non-hydrogen) atoms. The minimum absolute atomic E-state index is 0.0960. The molecule has 1 heterocycles. The van der Waals surface area contributed by atoms with Gasteiger partial charge in [-0.3, -0.25) is 4.79 Å². The summed E-state index contributed by atoms with van der Waals surface area (Å²) in [6, 6.07) is 5.88. The average molecular weight is 286 g/mol. The summed E-state index contributed by atoms with van der Waals surface area (Å²) in [6.45, 7) is 3.20. The van der Waals surface area contributed by atoms with E-state index in [0.717, 1.165) is 0 Å². The van der Waals surface area contributed by atoms with Crippen molar-refractivity contribution in [1.29, 1.82) is 0 Å². The van der Waals surface area contributed by atoms with Gasteiger partial charge in [-0.2, -0.15) is 0 Å². The number of halogens is 1. The molecular weight excluding hydrogens is 274 g/mol. The molecule has 0 fully saturated rings. The smallest absolute Gasteiger partial charge is 0.248 e. The predicted octanol–water partition coefficient (Wildman–Crippen LogP) is 2.36. The van der Waals surface area contributed by atoms with Crippen LogP contribution in [0.2, 0.25) is 5.02 Å². The molecule has 1 aromatic heterocycles. The summed E-state index contributed by atoms with van der Waals surface area (Å²) < 4.78 is 24.2. The quantitative estimate of drug-likeness (QED) is 0.921. The molecule has 0 bridgehead atoms. The SMILES string of the molecule is CC(C)S(=O)(=O)c1cc2ccc(=O)[nH]c2cc1Cl. The number of fused-ring (bicyclic) bond motifs is 1. The van der Waals surface area contributed by atoms with E-state index in [1.165, 1.54) is 18.2 Å². The Labute approximate surface area is 110 Å². The number of hydrogen-bond acceptors (Lipinski definition) is 3. The van der Waals surface area contributed by atoms with Gasteiger partial charge in [-0.05, 0) is 37.4 Å².